The maximum absolute atomic E-state index is 13.8. The highest BCUT2D eigenvalue weighted by Crippen LogP contribution is 2.28. The second-order valence-electron chi connectivity index (χ2n) is 5.68. The number of carbonyl (C=O) groups excluding carboxylic acids is 1. The molecule has 0 aromatic heterocycles. The number of rotatable bonds is 4. The van der Waals surface area contributed by atoms with Gasteiger partial charge >= 0.3 is 0 Å². The van der Waals surface area contributed by atoms with Crippen LogP contribution >= 0.6 is 0 Å². The zero-order chi connectivity index (χ0) is 14.5. The molecular weight excluding hydrogens is 255 g/mol. The summed E-state index contributed by atoms with van der Waals surface area (Å²) in [6, 6.07) is 4.51. The third-order valence-corrected chi connectivity index (χ3v) is 4.28. The van der Waals surface area contributed by atoms with Crippen molar-refractivity contribution in [3.05, 3.63) is 29.6 Å². The summed E-state index contributed by atoms with van der Waals surface area (Å²) in [7, 11) is 0. The van der Waals surface area contributed by atoms with Crippen molar-refractivity contribution < 1.29 is 9.18 Å². The first kappa shape index (κ1) is 14.8. The number of hydrogen-bond donors (Lipinski definition) is 2. The molecule has 2 atom stereocenters. The van der Waals surface area contributed by atoms with Gasteiger partial charge in [-0.25, -0.2) is 4.39 Å². The smallest absolute Gasteiger partial charge is 0.248 e. The highest BCUT2D eigenvalue weighted by molar-refractivity contribution is 5.93. The molecule has 2 rings (SSSR count). The molecule has 0 aliphatic heterocycles. The van der Waals surface area contributed by atoms with Gasteiger partial charge in [0.25, 0.3) is 0 Å². The summed E-state index contributed by atoms with van der Waals surface area (Å²) < 4.78 is 13.8. The quantitative estimate of drug-likeness (QED) is 0.825. The molecule has 1 aliphatic rings. The molecule has 1 saturated carbocycles. The maximum atomic E-state index is 13.8. The van der Waals surface area contributed by atoms with E-state index in [0.717, 1.165) is 18.8 Å². The zero-order valence-electron chi connectivity index (χ0n) is 12.0. The Morgan fingerprint density at radius 1 is 1.35 bits per heavy atom. The van der Waals surface area contributed by atoms with E-state index in [4.69, 9.17) is 5.73 Å². The van der Waals surface area contributed by atoms with Gasteiger partial charge in [0.2, 0.25) is 5.91 Å². The van der Waals surface area contributed by atoms with Crippen molar-refractivity contribution in [3.63, 3.8) is 0 Å². The van der Waals surface area contributed by atoms with Crippen LogP contribution in [0.2, 0.25) is 0 Å². The van der Waals surface area contributed by atoms with Gasteiger partial charge in [-0.05, 0) is 43.4 Å². The van der Waals surface area contributed by atoms with E-state index < -0.39 is 5.91 Å². The molecular formula is C16H23FN2O. The van der Waals surface area contributed by atoms with E-state index >= 15 is 0 Å². The molecule has 2 unspecified atom stereocenters. The van der Waals surface area contributed by atoms with Crippen LogP contribution in [0.15, 0.2) is 18.2 Å². The summed E-state index contributed by atoms with van der Waals surface area (Å²) in [5.74, 6) is -0.0603. The van der Waals surface area contributed by atoms with Crippen molar-refractivity contribution in [2.24, 2.45) is 11.7 Å². The zero-order valence-corrected chi connectivity index (χ0v) is 12.0. The molecule has 20 heavy (non-hydrogen) atoms. The van der Waals surface area contributed by atoms with Crippen molar-refractivity contribution in [1.82, 2.24) is 0 Å². The van der Waals surface area contributed by atoms with E-state index in [2.05, 4.69) is 12.2 Å². The van der Waals surface area contributed by atoms with Crippen LogP contribution < -0.4 is 11.1 Å². The molecule has 1 aromatic carbocycles. The summed E-state index contributed by atoms with van der Waals surface area (Å²) in [4.78, 5) is 11.2. The van der Waals surface area contributed by atoms with Crippen LogP contribution in [0.1, 0.15) is 55.8 Å². The molecule has 0 radical (unpaired) electrons. The molecule has 0 bridgehead atoms. The van der Waals surface area contributed by atoms with E-state index in [1.807, 2.05) is 0 Å². The number of hydrogen-bond acceptors (Lipinski definition) is 2. The van der Waals surface area contributed by atoms with Crippen LogP contribution in [0.3, 0.4) is 0 Å². The molecule has 0 spiro atoms. The molecule has 3 N–H and O–H groups in total. The van der Waals surface area contributed by atoms with Gasteiger partial charge in [0.1, 0.15) is 5.82 Å². The number of anilines is 1. The van der Waals surface area contributed by atoms with E-state index in [0.29, 0.717) is 11.3 Å². The van der Waals surface area contributed by atoms with E-state index in [-0.39, 0.29) is 11.9 Å². The Morgan fingerprint density at radius 2 is 2.15 bits per heavy atom. The van der Waals surface area contributed by atoms with Crippen molar-refractivity contribution in [2.45, 2.75) is 51.5 Å². The molecule has 1 fully saturated rings. The molecule has 4 heteroatoms. The number of nitrogens with one attached hydrogen (secondary N) is 1. The van der Waals surface area contributed by atoms with E-state index in [1.54, 1.807) is 0 Å². The monoisotopic (exact) mass is 278 g/mol. The van der Waals surface area contributed by atoms with Gasteiger partial charge in [-0.1, -0.05) is 26.2 Å². The van der Waals surface area contributed by atoms with Crippen molar-refractivity contribution in [2.75, 3.05) is 5.32 Å². The minimum Gasteiger partial charge on any atom is -0.380 e. The molecule has 0 saturated heterocycles. The lowest BCUT2D eigenvalue weighted by Crippen LogP contribution is -2.20. The summed E-state index contributed by atoms with van der Waals surface area (Å²) in [6.45, 7) is 2.23. The number of halogens is 1. The highest BCUT2D eigenvalue weighted by Gasteiger charge is 2.19. The average molecular weight is 278 g/mol. The number of carbonyl (C=O) groups is 1. The van der Waals surface area contributed by atoms with Crippen LogP contribution in [0.4, 0.5) is 10.1 Å². The predicted octanol–water partition coefficient (Wildman–Crippen LogP) is 3.70. The fourth-order valence-electron chi connectivity index (χ4n) is 2.94. The van der Waals surface area contributed by atoms with Gasteiger partial charge in [0.15, 0.2) is 0 Å². The van der Waals surface area contributed by atoms with Crippen molar-refractivity contribution in [3.8, 4) is 0 Å². The maximum Gasteiger partial charge on any atom is 0.248 e. The summed E-state index contributed by atoms with van der Waals surface area (Å²) in [5.41, 5.74) is 5.97. The molecule has 1 amide bonds. The Labute approximate surface area is 119 Å². The Hall–Kier alpha value is -1.58. The number of benzene rings is 1. The summed E-state index contributed by atoms with van der Waals surface area (Å²) >= 11 is 0. The van der Waals surface area contributed by atoms with E-state index in [1.165, 1.54) is 43.9 Å². The lowest BCUT2D eigenvalue weighted by molar-refractivity contribution is 0.100. The summed E-state index contributed by atoms with van der Waals surface area (Å²) in [6.07, 6.45) is 6.95. The lowest BCUT2D eigenvalue weighted by Gasteiger charge is -2.19. The van der Waals surface area contributed by atoms with Gasteiger partial charge in [0, 0.05) is 11.6 Å². The topological polar surface area (TPSA) is 55.1 Å². The molecule has 110 valence electrons. The second kappa shape index (κ2) is 6.73. The van der Waals surface area contributed by atoms with Crippen LogP contribution in [0, 0.1) is 11.7 Å². The molecule has 1 aromatic rings. The third kappa shape index (κ3) is 3.71. The van der Waals surface area contributed by atoms with Crippen LogP contribution in [-0.4, -0.2) is 11.9 Å². The third-order valence-electron chi connectivity index (χ3n) is 4.28. The first-order valence-corrected chi connectivity index (χ1v) is 7.46. The number of amides is 1. The lowest BCUT2D eigenvalue weighted by atomic mass is 9.98. The summed E-state index contributed by atoms with van der Waals surface area (Å²) in [5, 5.41) is 3.25. The van der Waals surface area contributed by atoms with Gasteiger partial charge in [-0.15, -0.1) is 0 Å². The fraction of sp³-hybridized carbons (Fsp3) is 0.562. The predicted molar refractivity (Wildman–Crippen MR) is 79.2 cm³/mol. The fourth-order valence-corrected chi connectivity index (χ4v) is 2.94. The van der Waals surface area contributed by atoms with E-state index in [9.17, 15) is 9.18 Å². The van der Waals surface area contributed by atoms with Gasteiger partial charge < -0.3 is 11.1 Å². The van der Waals surface area contributed by atoms with Gasteiger partial charge in [0.05, 0.1) is 5.69 Å². The van der Waals surface area contributed by atoms with Gasteiger partial charge in [-0.3, -0.25) is 4.79 Å². The van der Waals surface area contributed by atoms with Crippen molar-refractivity contribution in [1.29, 1.82) is 0 Å². The largest absolute Gasteiger partial charge is 0.380 e. The first-order valence-electron chi connectivity index (χ1n) is 7.46. The number of nitrogens with two attached hydrogens (primary N) is 1. The van der Waals surface area contributed by atoms with Gasteiger partial charge in [-0.2, -0.15) is 0 Å². The first-order chi connectivity index (χ1) is 9.60. The Balaban J connectivity index is 2.05. The van der Waals surface area contributed by atoms with Crippen LogP contribution in [0.25, 0.3) is 0 Å². The Kier molecular flexibility index (Phi) is 4.99. The normalized spacial score (nSPS) is 23.1. The Bertz CT molecular complexity index is 476. The second-order valence-corrected chi connectivity index (χ2v) is 5.68. The Morgan fingerprint density at radius 3 is 2.85 bits per heavy atom. The number of primary amides is 1. The minimum absolute atomic E-state index is 0.282. The highest BCUT2D eigenvalue weighted by atomic mass is 19.1. The van der Waals surface area contributed by atoms with Crippen LogP contribution in [-0.2, 0) is 0 Å². The average Bonchev–Trinajstić information content (AvgIpc) is 2.66. The van der Waals surface area contributed by atoms with Crippen molar-refractivity contribution >= 4 is 11.6 Å². The molecule has 0 heterocycles. The SMILES string of the molecule is CCC1CCCC(Nc2cc(C(N)=O)ccc2F)CC1. The molecule has 3 nitrogen and oxygen atoms in total. The molecule has 1 aliphatic carbocycles. The standard InChI is InChI=1S/C16H23FN2O/c1-2-11-4-3-5-13(8-6-11)19-15-10-12(16(18)20)7-9-14(15)17/h7,9-11,13,19H,2-6,8H2,1H3,(H2,18,20). The minimum atomic E-state index is -0.528. The van der Waals surface area contributed by atoms with Crippen LogP contribution in [0.5, 0.6) is 0 Å².